The first kappa shape index (κ1) is 12.9. The Labute approximate surface area is 110 Å². The van der Waals surface area contributed by atoms with Crippen LogP contribution in [0.25, 0.3) is 0 Å². The highest BCUT2D eigenvalue weighted by Gasteiger charge is 2.41. The van der Waals surface area contributed by atoms with E-state index in [-0.39, 0.29) is 5.25 Å². The van der Waals surface area contributed by atoms with Crippen LogP contribution in [0.1, 0.15) is 38.5 Å². The highest BCUT2D eigenvalue weighted by Crippen LogP contribution is 2.33. The zero-order valence-electron chi connectivity index (χ0n) is 11.1. The number of hydrogen-bond donors (Lipinski definition) is 0. The molecule has 5 heteroatoms. The topological polar surface area (TPSA) is 40.6 Å². The molecule has 4 nitrogen and oxygen atoms in total. The van der Waals surface area contributed by atoms with E-state index in [2.05, 4.69) is 4.90 Å². The lowest BCUT2D eigenvalue weighted by Gasteiger charge is -2.33. The molecule has 104 valence electrons. The molecule has 0 aromatic rings. The van der Waals surface area contributed by atoms with Crippen molar-refractivity contribution in [3.8, 4) is 0 Å². The maximum atomic E-state index is 12.1. The Morgan fingerprint density at radius 1 is 0.889 bits per heavy atom. The van der Waals surface area contributed by atoms with E-state index in [0.29, 0.717) is 5.92 Å². The molecule has 0 atom stereocenters. The fourth-order valence-electron chi connectivity index (χ4n) is 3.25. The molecule has 3 aliphatic rings. The minimum absolute atomic E-state index is 0.0346. The van der Waals surface area contributed by atoms with Crippen molar-refractivity contribution in [2.45, 2.75) is 43.8 Å². The van der Waals surface area contributed by atoms with Crippen LogP contribution in [0.5, 0.6) is 0 Å². The van der Waals surface area contributed by atoms with Gasteiger partial charge in [0.2, 0.25) is 10.0 Å². The third kappa shape index (κ3) is 2.73. The maximum absolute atomic E-state index is 12.1. The lowest BCUT2D eigenvalue weighted by Crippen LogP contribution is -2.42. The van der Waals surface area contributed by atoms with Gasteiger partial charge in [0.25, 0.3) is 0 Å². The fourth-order valence-corrected chi connectivity index (χ4v) is 5.13. The van der Waals surface area contributed by atoms with Crippen molar-refractivity contribution in [1.82, 2.24) is 9.21 Å². The quantitative estimate of drug-likeness (QED) is 0.774. The summed E-state index contributed by atoms with van der Waals surface area (Å²) in [4.78, 5) is 2.55. The van der Waals surface area contributed by atoms with Gasteiger partial charge in [0.15, 0.2) is 0 Å². The number of piperidine rings is 1. The Kier molecular flexibility index (Phi) is 3.65. The number of hydrogen-bond acceptors (Lipinski definition) is 3. The summed E-state index contributed by atoms with van der Waals surface area (Å²) in [6.07, 6.45) is 6.57. The number of likely N-dealkylation sites (tertiary alicyclic amines) is 1. The Balaban J connectivity index is 1.48. The van der Waals surface area contributed by atoms with E-state index in [4.69, 9.17) is 0 Å². The van der Waals surface area contributed by atoms with Crippen molar-refractivity contribution in [2.75, 3.05) is 32.7 Å². The Hall–Kier alpha value is -0.130. The summed E-state index contributed by atoms with van der Waals surface area (Å²) in [5.41, 5.74) is 0. The number of nitrogens with zero attached hydrogens (tertiary/aromatic N) is 2. The molecule has 3 rings (SSSR count). The van der Waals surface area contributed by atoms with Gasteiger partial charge in [-0.3, -0.25) is 0 Å². The van der Waals surface area contributed by atoms with Crippen molar-refractivity contribution in [2.24, 2.45) is 5.92 Å². The molecule has 2 saturated heterocycles. The number of sulfonamides is 1. The van der Waals surface area contributed by atoms with Crippen LogP contribution in [-0.4, -0.2) is 55.6 Å². The van der Waals surface area contributed by atoms with Gasteiger partial charge < -0.3 is 4.90 Å². The largest absolute Gasteiger partial charge is 0.303 e. The van der Waals surface area contributed by atoms with Gasteiger partial charge in [-0.2, -0.15) is 0 Å². The van der Waals surface area contributed by atoms with E-state index in [9.17, 15) is 8.42 Å². The molecule has 0 bridgehead atoms. The summed E-state index contributed by atoms with van der Waals surface area (Å²) < 4.78 is 26.0. The molecule has 1 aliphatic carbocycles. The zero-order valence-corrected chi connectivity index (χ0v) is 11.9. The summed E-state index contributed by atoms with van der Waals surface area (Å²) in [5, 5.41) is -0.0346. The van der Waals surface area contributed by atoms with Gasteiger partial charge in [0.1, 0.15) is 0 Å². The molecule has 0 aromatic carbocycles. The molecule has 3 fully saturated rings. The second-order valence-corrected chi connectivity index (χ2v) is 8.31. The Bertz CT molecular complexity index is 378. The van der Waals surface area contributed by atoms with Crippen LogP contribution in [0, 0.1) is 5.92 Å². The van der Waals surface area contributed by atoms with E-state index in [0.717, 1.165) is 38.8 Å². The molecule has 2 aliphatic heterocycles. The highest BCUT2D eigenvalue weighted by atomic mass is 32.2. The zero-order chi connectivity index (χ0) is 12.6. The molecule has 1 saturated carbocycles. The minimum Gasteiger partial charge on any atom is -0.303 e. The summed E-state index contributed by atoms with van der Waals surface area (Å²) in [7, 11) is -2.92. The van der Waals surface area contributed by atoms with E-state index in [1.807, 2.05) is 0 Å². The second-order valence-electron chi connectivity index (χ2n) is 6.09. The minimum atomic E-state index is -2.92. The molecule has 2 heterocycles. The van der Waals surface area contributed by atoms with Crippen molar-refractivity contribution < 1.29 is 8.42 Å². The molecule has 0 radical (unpaired) electrons. The summed E-state index contributed by atoms with van der Waals surface area (Å²) in [6, 6.07) is 0. The summed E-state index contributed by atoms with van der Waals surface area (Å²) in [6.45, 7) is 5.22. The molecule has 0 amide bonds. The summed E-state index contributed by atoms with van der Waals surface area (Å²) >= 11 is 0. The van der Waals surface area contributed by atoms with Gasteiger partial charge >= 0.3 is 0 Å². The lowest BCUT2D eigenvalue weighted by molar-refractivity contribution is 0.205. The Morgan fingerprint density at radius 3 is 2.06 bits per heavy atom. The van der Waals surface area contributed by atoms with Gasteiger partial charge in [-0.1, -0.05) is 0 Å². The molecule has 0 unspecified atom stereocenters. The summed E-state index contributed by atoms with van der Waals surface area (Å²) in [5.74, 6) is 0.716. The van der Waals surface area contributed by atoms with Crippen molar-refractivity contribution in [1.29, 1.82) is 0 Å². The van der Waals surface area contributed by atoms with Crippen LogP contribution in [0.3, 0.4) is 0 Å². The first-order valence-electron chi connectivity index (χ1n) is 7.37. The van der Waals surface area contributed by atoms with Gasteiger partial charge in [-0.15, -0.1) is 0 Å². The molecule has 0 aromatic heterocycles. The smallest absolute Gasteiger partial charge is 0.216 e. The fraction of sp³-hybridized carbons (Fsp3) is 1.00. The third-order valence-electron chi connectivity index (χ3n) is 4.59. The second kappa shape index (κ2) is 5.10. The predicted octanol–water partition coefficient (Wildman–Crippen LogP) is 1.29. The van der Waals surface area contributed by atoms with Crippen LogP contribution >= 0.6 is 0 Å². The molecule has 18 heavy (non-hydrogen) atoms. The molecule has 0 spiro atoms. The number of rotatable bonds is 4. The van der Waals surface area contributed by atoms with Crippen molar-refractivity contribution in [3.63, 3.8) is 0 Å². The van der Waals surface area contributed by atoms with E-state index >= 15 is 0 Å². The van der Waals surface area contributed by atoms with E-state index < -0.39 is 10.0 Å². The average Bonchev–Trinajstić information content (AvgIpc) is 3.11. The average molecular weight is 272 g/mol. The molecular weight excluding hydrogens is 248 g/mol. The first-order valence-corrected chi connectivity index (χ1v) is 8.88. The monoisotopic (exact) mass is 272 g/mol. The standard InChI is InChI=1S/C13H24N2O2S/c16-18(17,13-3-4-13)15-9-5-12(6-10-15)11-14-7-1-2-8-14/h12-13H,1-11H2. The lowest BCUT2D eigenvalue weighted by atomic mass is 9.98. The highest BCUT2D eigenvalue weighted by molar-refractivity contribution is 7.90. The van der Waals surface area contributed by atoms with Crippen LogP contribution in [0.15, 0.2) is 0 Å². The van der Waals surface area contributed by atoms with Crippen LogP contribution in [-0.2, 0) is 10.0 Å². The molecular formula is C13H24N2O2S. The third-order valence-corrected chi connectivity index (χ3v) is 6.99. The SMILES string of the molecule is O=S(=O)(C1CC1)N1CCC(CN2CCCC2)CC1. The van der Waals surface area contributed by atoms with Crippen molar-refractivity contribution >= 4 is 10.0 Å². The van der Waals surface area contributed by atoms with Crippen molar-refractivity contribution in [3.05, 3.63) is 0 Å². The van der Waals surface area contributed by atoms with Gasteiger partial charge in [-0.25, -0.2) is 12.7 Å². The maximum Gasteiger partial charge on any atom is 0.216 e. The van der Waals surface area contributed by atoms with Gasteiger partial charge in [-0.05, 0) is 57.5 Å². The van der Waals surface area contributed by atoms with Crippen LogP contribution < -0.4 is 0 Å². The van der Waals surface area contributed by atoms with Gasteiger partial charge in [0.05, 0.1) is 5.25 Å². The van der Waals surface area contributed by atoms with E-state index in [1.54, 1.807) is 4.31 Å². The van der Waals surface area contributed by atoms with Crippen LogP contribution in [0.4, 0.5) is 0 Å². The molecule has 0 N–H and O–H groups in total. The first-order chi connectivity index (χ1) is 8.66. The van der Waals surface area contributed by atoms with Gasteiger partial charge in [0, 0.05) is 19.6 Å². The Morgan fingerprint density at radius 2 is 1.50 bits per heavy atom. The normalized spacial score (nSPS) is 28.9. The van der Waals surface area contributed by atoms with Crippen LogP contribution in [0.2, 0.25) is 0 Å². The predicted molar refractivity (Wildman–Crippen MR) is 71.9 cm³/mol. The van der Waals surface area contributed by atoms with E-state index in [1.165, 1.54) is 32.5 Å².